The van der Waals surface area contributed by atoms with Gasteiger partial charge in [0.05, 0.1) is 11.9 Å². The number of hydrogen-bond acceptors (Lipinski definition) is 5. The highest BCUT2D eigenvalue weighted by Gasteiger charge is 2.33. The van der Waals surface area contributed by atoms with Crippen LogP contribution in [0.15, 0.2) is 18.3 Å². The van der Waals surface area contributed by atoms with Crippen molar-refractivity contribution >= 4 is 11.5 Å². The van der Waals surface area contributed by atoms with E-state index in [2.05, 4.69) is 9.88 Å². The van der Waals surface area contributed by atoms with Gasteiger partial charge in [-0.3, -0.25) is 9.78 Å². The molecule has 1 aliphatic rings. The van der Waals surface area contributed by atoms with Crippen molar-refractivity contribution in [2.45, 2.75) is 19.1 Å². The molecular weight excluding hydrogens is 232 g/mol. The summed E-state index contributed by atoms with van der Waals surface area (Å²) in [7, 11) is 3.38. The molecule has 2 heterocycles. The van der Waals surface area contributed by atoms with Crippen molar-refractivity contribution < 1.29 is 14.3 Å². The minimum Gasteiger partial charge on any atom is -0.377 e. The van der Waals surface area contributed by atoms with E-state index in [4.69, 9.17) is 9.47 Å². The fourth-order valence-electron chi connectivity index (χ4n) is 2.19. The van der Waals surface area contributed by atoms with Gasteiger partial charge in [0.1, 0.15) is 17.9 Å². The number of carbonyl (C=O) groups is 1. The second-order valence-corrected chi connectivity index (χ2v) is 4.41. The summed E-state index contributed by atoms with van der Waals surface area (Å²) in [6.45, 7) is 3.06. The number of anilines is 1. The Morgan fingerprint density at radius 3 is 2.28 bits per heavy atom. The van der Waals surface area contributed by atoms with Gasteiger partial charge in [0.15, 0.2) is 5.78 Å². The van der Waals surface area contributed by atoms with E-state index >= 15 is 0 Å². The summed E-state index contributed by atoms with van der Waals surface area (Å²) in [6, 6.07) is 3.66. The van der Waals surface area contributed by atoms with Crippen LogP contribution in [-0.2, 0) is 9.47 Å². The summed E-state index contributed by atoms with van der Waals surface area (Å²) >= 11 is 0. The average Bonchev–Trinajstić information content (AvgIpc) is 2.82. The monoisotopic (exact) mass is 250 g/mol. The number of ether oxygens (including phenoxy) is 2. The number of rotatable bonds is 4. The van der Waals surface area contributed by atoms with Crippen molar-refractivity contribution in [3.05, 3.63) is 24.0 Å². The average molecular weight is 250 g/mol. The summed E-state index contributed by atoms with van der Waals surface area (Å²) in [6.07, 6.45) is 1.87. The van der Waals surface area contributed by atoms with Crippen molar-refractivity contribution in [2.24, 2.45) is 0 Å². The molecule has 0 aromatic carbocycles. The van der Waals surface area contributed by atoms with Crippen LogP contribution in [0.1, 0.15) is 17.4 Å². The maximum Gasteiger partial charge on any atom is 0.178 e. The number of hydrogen-bond donors (Lipinski definition) is 0. The van der Waals surface area contributed by atoms with Gasteiger partial charge in [-0.05, 0) is 12.1 Å². The molecule has 0 radical (unpaired) electrons. The molecule has 98 valence electrons. The van der Waals surface area contributed by atoms with Gasteiger partial charge in [-0.15, -0.1) is 0 Å². The molecule has 0 bridgehead atoms. The number of methoxy groups -OCH3 is 2. The van der Waals surface area contributed by atoms with Gasteiger partial charge in [-0.25, -0.2) is 0 Å². The predicted molar refractivity (Wildman–Crippen MR) is 68.0 cm³/mol. The Morgan fingerprint density at radius 1 is 1.28 bits per heavy atom. The lowest BCUT2D eigenvalue weighted by molar-refractivity contribution is -0.00461. The Bertz CT molecular complexity index is 407. The van der Waals surface area contributed by atoms with Gasteiger partial charge >= 0.3 is 0 Å². The molecule has 2 atom stereocenters. The first-order chi connectivity index (χ1) is 8.65. The maximum atomic E-state index is 11.2. The molecule has 18 heavy (non-hydrogen) atoms. The van der Waals surface area contributed by atoms with E-state index in [1.165, 1.54) is 6.92 Å². The third-order valence-electron chi connectivity index (χ3n) is 3.29. The van der Waals surface area contributed by atoms with Crippen LogP contribution in [0.2, 0.25) is 0 Å². The van der Waals surface area contributed by atoms with Crippen LogP contribution in [0.5, 0.6) is 0 Å². The van der Waals surface area contributed by atoms with E-state index < -0.39 is 0 Å². The summed E-state index contributed by atoms with van der Waals surface area (Å²) in [5, 5.41) is 0. The lowest BCUT2D eigenvalue weighted by atomic mass is 10.2. The highest BCUT2D eigenvalue weighted by atomic mass is 16.5. The molecule has 5 heteroatoms. The van der Waals surface area contributed by atoms with Crippen LogP contribution >= 0.6 is 0 Å². The first-order valence-electron chi connectivity index (χ1n) is 5.93. The van der Waals surface area contributed by atoms with Crippen LogP contribution in [0.3, 0.4) is 0 Å². The van der Waals surface area contributed by atoms with E-state index in [9.17, 15) is 4.79 Å². The van der Waals surface area contributed by atoms with Crippen LogP contribution in [0.4, 0.5) is 5.69 Å². The molecule has 2 unspecified atom stereocenters. The zero-order valence-corrected chi connectivity index (χ0v) is 10.9. The molecule has 0 spiro atoms. The summed E-state index contributed by atoms with van der Waals surface area (Å²) in [5.74, 6) is -0.0208. The zero-order chi connectivity index (χ0) is 13.1. The number of ketones is 1. The highest BCUT2D eigenvalue weighted by molar-refractivity contribution is 5.92. The molecule has 1 aromatic heterocycles. The van der Waals surface area contributed by atoms with Crippen molar-refractivity contribution in [3.8, 4) is 0 Å². The Morgan fingerprint density at radius 2 is 1.89 bits per heavy atom. The number of aromatic nitrogens is 1. The molecular formula is C13H18N2O3. The largest absolute Gasteiger partial charge is 0.377 e. The SMILES string of the molecule is COC1CN(c2ccc(C(C)=O)nc2)CC1OC. The molecule has 1 saturated heterocycles. The Balaban J connectivity index is 2.11. The van der Waals surface area contributed by atoms with Gasteiger partial charge in [0.25, 0.3) is 0 Å². The maximum absolute atomic E-state index is 11.2. The Labute approximate surface area is 107 Å². The zero-order valence-electron chi connectivity index (χ0n) is 10.9. The summed E-state index contributed by atoms with van der Waals surface area (Å²) in [5.41, 5.74) is 1.48. The van der Waals surface area contributed by atoms with Crippen molar-refractivity contribution in [3.63, 3.8) is 0 Å². The fourth-order valence-corrected chi connectivity index (χ4v) is 2.19. The van der Waals surface area contributed by atoms with Gasteiger partial charge in [-0.1, -0.05) is 0 Å². The number of nitrogens with zero attached hydrogens (tertiary/aromatic N) is 2. The molecule has 0 aliphatic carbocycles. The molecule has 2 rings (SSSR count). The quantitative estimate of drug-likeness (QED) is 0.750. The van der Waals surface area contributed by atoms with Crippen LogP contribution in [0, 0.1) is 0 Å². The van der Waals surface area contributed by atoms with Gasteiger partial charge in [-0.2, -0.15) is 0 Å². The van der Waals surface area contributed by atoms with Crippen molar-refractivity contribution in [2.75, 3.05) is 32.2 Å². The Kier molecular flexibility index (Phi) is 3.93. The van der Waals surface area contributed by atoms with Crippen molar-refractivity contribution in [1.29, 1.82) is 0 Å². The molecule has 0 amide bonds. The Hall–Kier alpha value is -1.46. The lowest BCUT2D eigenvalue weighted by Crippen LogP contribution is -2.27. The first kappa shape index (κ1) is 13.0. The molecule has 1 fully saturated rings. The minimum absolute atomic E-state index is 0.0208. The third kappa shape index (κ3) is 2.52. The van der Waals surface area contributed by atoms with E-state index in [0.717, 1.165) is 18.8 Å². The smallest absolute Gasteiger partial charge is 0.178 e. The van der Waals surface area contributed by atoms with Gasteiger partial charge in [0, 0.05) is 34.2 Å². The molecule has 0 N–H and O–H groups in total. The fraction of sp³-hybridized carbons (Fsp3) is 0.538. The highest BCUT2D eigenvalue weighted by Crippen LogP contribution is 2.22. The summed E-state index contributed by atoms with van der Waals surface area (Å²) in [4.78, 5) is 17.5. The van der Waals surface area contributed by atoms with Gasteiger partial charge < -0.3 is 14.4 Å². The topological polar surface area (TPSA) is 51.7 Å². The number of pyridine rings is 1. The minimum atomic E-state index is -0.0208. The normalized spacial score (nSPS) is 23.4. The molecule has 0 saturated carbocycles. The van der Waals surface area contributed by atoms with E-state index in [1.807, 2.05) is 6.07 Å². The number of Topliss-reactive ketones (excluding diaryl/α,β-unsaturated/α-hetero) is 1. The van der Waals surface area contributed by atoms with Gasteiger partial charge in [0.2, 0.25) is 0 Å². The van der Waals surface area contributed by atoms with Crippen LogP contribution < -0.4 is 4.90 Å². The summed E-state index contributed by atoms with van der Waals surface area (Å²) < 4.78 is 10.8. The van der Waals surface area contributed by atoms with E-state index in [1.54, 1.807) is 26.5 Å². The molecule has 1 aromatic rings. The third-order valence-corrected chi connectivity index (χ3v) is 3.29. The van der Waals surface area contributed by atoms with Crippen molar-refractivity contribution in [1.82, 2.24) is 4.98 Å². The predicted octanol–water partition coefficient (Wildman–Crippen LogP) is 1.13. The second kappa shape index (κ2) is 5.46. The van der Waals surface area contributed by atoms with E-state index in [-0.39, 0.29) is 18.0 Å². The van der Waals surface area contributed by atoms with Crippen LogP contribution in [-0.4, -0.2) is 50.3 Å². The van der Waals surface area contributed by atoms with Crippen LogP contribution in [0.25, 0.3) is 0 Å². The number of carbonyl (C=O) groups excluding carboxylic acids is 1. The first-order valence-corrected chi connectivity index (χ1v) is 5.93. The molecule has 1 aliphatic heterocycles. The second-order valence-electron chi connectivity index (χ2n) is 4.41. The van der Waals surface area contributed by atoms with E-state index in [0.29, 0.717) is 5.69 Å². The standard InChI is InChI=1S/C13H18N2O3/c1-9(16)11-5-4-10(6-14-11)15-7-12(17-2)13(8-15)18-3/h4-6,12-13H,7-8H2,1-3H3. The molecule has 5 nitrogen and oxygen atoms in total. The lowest BCUT2D eigenvalue weighted by Gasteiger charge is -2.17.